The van der Waals surface area contributed by atoms with Crippen molar-refractivity contribution in [1.82, 2.24) is 24.9 Å². The van der Waals surface area contributed by atoms with Crippen LogP contribution in [-0.4, -0.2) is 25.5 Å². The van der Waals surface area contributed by atoms with Crippen molar-refractivity contribution in [3.8, 4) is 0 Å². The van der Waals surface area contributed by atoms with Crippen molar-refractivity contribution in [1.29, 1.82) is 0 Å². The fourth-order valence-electron chi connectivity index (χ4n) is 2.00. The number of hydrogen-bond acceptors (Lipinski definition) is 3. The zero-order valence-corrected chi connectivity index (χ0v) is 14.7. The number of carbonyl (C=O) groups excluding carboxylic acids is 1. The summed E-state index contributed by atoms with van der Waals surface area (Å²) in [6, 6.07) is 1.86. The lowest BCUT2D eigenvalue weighted by atomic mass is 10.2. The van der Waals surface area contributed by atoms with Gasteiger partial charge in [-0.25, -0.2) is 0 Å². The molecular formula is C14H20IN5O. The van der Waals surface area contributed by atoms with Crippen LogP contribution >= 0.6 is 22.6 Å². The summed E-state index contributed by atoms with van der Waals surface area (Å²) in [5, 5.41) is 11.7. The molecule has 0 aromatic carbocycles. The molecule has 0 saturated heterocycles. The SMILES string of the molecule is CCn1ccc(C(C)NC(=O)CCn2cc(I)c(C)n2)n1. The van der Waals surface area contributed by atoms with Gasteiger partial charge in [-0.1, -0.05) is 0 Å². The van der Waals surface area contributed by atoms with Crippen LogP contribution in [-0.2, 0) is 17.9 Å². The minimum absolute atomic E-state index is 0.0108. The maximum Gasteiger partial charge on any atom is 0.222 e. The van der Waals surface area contributed by atoms with E-state index >= 15 is 0 Å². The van der Waals surface area contributed by atoms with Gasteiger partial charge in [-0.15, -0.1) is 0 Å². The zero-order valence-electron chi connectivity index (χ0n) is 12.5. The molecule has 1 unspecified atom stereocenters. The van der Waals surface area contributed by atoms with E-state index < -0.39 is 0 Å². The first-order valence-electron chi connectivity index (χ1n) is 7.02. The summed E-state index contributed by atoms with van der Waals surface area (Å²) in [5.41, 5.74) is 1.88. The molecule has 21 heavy (non-hydrogen) atoms. The first-order chi connectivity index (χ1) is 9.99. The van der Waals surface area contributed by atoms with Crippen LogP contribution < -0.4 is 5.32 Å². The van der Waals surface area contributed by atoms with E-state index in [1.165, 1.54) is 0 Å². The van der Waals surface area contributed by atoms with Gasteiger partial charge >= 0.3 is 0 Å². The van der Waals surface area contributed by atoms with E-state index in [1.54, 1.807) is 0 Å². The summed E-state index contributed by atoms with van der Waals surface area (Å²) < 4.78 is 4.78. The van der Waals surface area contributed by atoms with Crippen LogP contribution in [0.4, 0.5) is 0 Å². The molecule has 0 bridgehead atoms. The molecule has 114 valence electrons. The summed E-state index contributed by atoms with van der Waals surface area (Å²) >= 11 is 2.24. The van der Waals surface area contributed by atoms with Crippen LogP contribution in [0.2, 0.25) is 0 Å². The monoisotopic (exact) mass is 401 g/mol. The first kappa shape index (κ1) is 16.0. The largest absolute Gasteiger partial charge is 0.348 e. The van der Waals surface area contributed by atoms with Gasteiger partial charge < -0.3 is 5.32 Å². The highest BCUT2D eigenvalue weighted by molar-refractivity contribution is 14.1. The van der Waals surface area contributed by atoms with Crippen molar-refractivity contribution < 1.29 is 4.79 Å². The third-order valence-corrected chi connectivity index (χ3v) is 4.32. The van der Waals surface area contributed by atoms with Crippen molar-refractivity contribution >= 4 is 28.5 Å². The highest BCUT2D eigenvalue weighted by Gasteiger charge is 2.12. The lowest BCUT2D eigenvalue weighted by Crippen LogP contribution is -2.27. The fraction of sp³-hybridized carbons (Fsp3) is 0.500. The van der Waals surface area contributed by atoms with Gasteiger partial charge in [0.25, 0.3) is 0 Å². The summed E-state index contributed by atoms with van der Waals surface area (Å²) in [5.74, 6) is 0.0108. The molecule has 0 saturated carbocycles. The maximum atomic E-state index is 12.0. The Morgan fingerprint density at radius 3 is 2.76 bits per heavy atom. The number of aromatic nitrogens is 4. The molecule has 2 rings (SSSR count). The normalized spacial score (nSPS) is 12.4. The molecule has 0 fully saturated rings. The number of amides is 1. The molecule has 0 spiro atoms. The second-order valence-corrected chi connectivity index (χ2v) is 6.12. The Bertz CT molecular complexity index is 599. The van der Waals surface area contributed by atoms with Crippen molar-refractivity contribution in [2.45, 2.75) is 46.3 Å². The second-order valence-electron chi connectivity index (χ2n) is 4.96. The second kappa shape index (κ2) is 7.06. The quantitative estimate of drug-likeness (QED) is 0.756. The van der Waals surface area contributed by atoms with Gasteiger partial charge in [-0.3, -0.25) is 14.2 Å². The molecule has 0 aliphatic carbocycles. The fourth-order valence-corrected chi connectivity index (χ4v) is 2.43. The number of nitrogens with zero attached hydrogens (tertiary/aromatic N) is 4. The van der Waals surface area contributed by atoms with Gasteiger partial charge in [0.2, 0.25) is 5.91 Å². The highest BCUT2D eigenvalue weighted by Crippen LogP contribution is 2.10. The number of halogens is 1. The Morgan fingerprint density at radius 1 is 1.43 bits per heavy atom. The summed E-state index contributed by atoms with van der Waals surface area (Å²) in [6.07, 6.45) is 4.29. The van der Waals surface area contributed by atoms with Crippen molar-refractivity contribution in [2.24, 2.45) is 0 Å². The average molecular weight is 401 g/mol. The van der Waals surface area contributed by atoms with Gasteiger partial charge in [-0.2, -0.15) is 10.2 Å². The smallest absolute Gasteiger partial charge is 0.222 e. The van der Waals surface area contributed by atoms with Gasteiger partial charge in [0.05, 0.1) is 21.0 Å². The van der Waals surface area contributed by atoms with E-state index in [0.717, 1.165) is 21.5 Å². The summed E-state index contributed by atoms with van der Waals surface area (Å²) in [7, 11) is 0. The lowest BCUT2D eigenvalue weighted by molar-refractivity contribution is -0.122. The van der Waals surface area contributed by atoms with Gasteiger partial charge in [-0.05, 0) is 49.4 Å². The number of aryl methyl sites for hydroxylation is 3. The van der Waals surface area contributed by atoms with E-state index in [4.69, 9.17) is 0 Å². The molecule has 2 heterocycles. The van der Waals surface area contributed by atoms with Crippen LogP contribution in [0.5, 0.6) is 0 Å². The molecule has 1 atom stereocenters. The Kier molecular flexibility index (Phi) is 5.38. The molecule has 6 nitrogen and oxygen atoms in total. The molecule has 1 N–H and O–H groups in total. The Balaban J connectivity index is 1.83. The Labute approximate surface area is 138 Å². The molecule has 1 amide bonds. The standard InChI is InChI=1S/C14H20IN5O/c1-4-19-7-5-13(18-19)11(3)16-14(21)6-8-20-9-12(15)10(2)17-20/h5,7,9,11H,4,6,8H2,1-3H3,(H,16,21). The van der Waals surface area contributed by atoms with Gasteiger partial charge in [0.15, 0.2) is 0 Å². The predicted molar refractivity (Wildman–Crippen MR) is 88.8 cm³/mol. The molecule has 7 heteroatoms. The van der Waals surface area contributed by atoms with Crippen LogP contribution in [0.15, 0.2) is 18.5 Å². The third-order valence-electron chi connectivity index (χ3n) is 3.26. The van der Waals surface area contributed by atoms with Gasteiger partial charge in [0.1, 0.15) is 0 Å². The highest BCUT2D eigenvalue weighted by atomic mass is 127. The Morgan fingerprint density at radius 2 is 2.19 bits per heavy atom. The maximum absolute atomic E-state index is 12.0. The minimum Gasteiger partial charge on any atom is -0.348 e. The van der Waals surface area contributed by atoms with Crippen LogP contribution in [0.1, 0.15) is 37.7 Å². The Hall–Kier alpha value is -1.38. The predicted octanol–water partition coefficient (Wildman–Crippen LogP) is 2.28. The van der Waals surface area contributed by atoms with E-state index in [9.17, 15) is 4.79 Å². The van der Waals surface area contributed by atoms with Crippen LogP contribution in [0.25, 0.3) is 0 Å². The van der Waals surface area contributed by atoms with Crippen molar-refractivity contribution in [3.05, 3.63) is 33.4 Å². The number of hydrogen-bond donors (Lipinski definition) is 1. The molecule has 2 aromatic heterocycles. The van der Waals surface area contributed by atoms with E-state index in [0.29, 0.717) is 13.0 Å². The van der Waals surface area contributed by atoms with Crippen LogP contribution in [0, 0.1) is 10.5 Å². The molecule has 0 aliphatic heterocycles. The number of nitrogens with one attached hydrogen (secondary N) is 1. The van der Waals surface area contributed by atoms with E-state index in [1.807, 2.05) is 48.6 Å². The minimum atomic E-state index is -0.0789. The van der Waals surface area contributed by atoms with Crippen molar-refractivity contribution in [2.75, 3.05) is 0 Å². The lowest BCUT2D eigenvalue weighted by Gasteiger charge is -2.11. The number of rotatable bonds is 6. The molecular weight excluding hydrogens is 381 g/mol. The topological polar surface area (TPSA) is 64.7 Å². The molecule has 0 aliphatic rings. The number of carbonyl (C=O) groups is 1. The summed E-state index contributed by atoms with van der Waals surface area (Å²) in [4.78, 5) is 12.0. The average Bonchev–Trinajstić information content (AvgIpc) is 3.04. The first-order valence-corrected chi connectivity index (χ1v) is 8.09. The third kappa shape index (κ3) is 4.29. The van der Waals surface area contributed by atoms with Crippen molar-refractivity contribution in [3.63, 3.8) is 0 Å². The summed E-state index contributed by atoms with van der Waals surface area (Å²) in [6.45, 7) is 7.36. The zero-order chi connectivity index (χ0) is 15.4. The van der Waals surface area contributed by atoms with E-state index in [-0.39, 0.29) is 11.9 Å². The van der Waals surface area contributed by atoms with E-state index in [2.05, 4.69) is 38.1 Å². The molecule has 2 aromatic rings. The van der Waals surface area contributed by atoms with Gasteiger partial charge in [0, 0.05) is 31.9 Å². The molecule has 0 radical (unpaired) electrons. The van der Waals surface area contributed by atoms with Crippen LogP contribution in [0.3, 0.4) is 0 Å².